The van der Waals surface area contributed by atoms with Gasteiger partial charge in [-0.05, 0) is 40.7 Å². The van der Waals surface area contributed by atoms with Gasteiger partial charge in [-0.25, -0.2) is 26.3 Å². The van der Waals surface area contributed by atoms with Gasteiger partial charge in [0.05, 0.1) is 42.8 Å². The molecule has 3 atom stereocenters. The normalized spacial score (nSPS) is 18.0. The number of nitriles is 1. The van der Waals surface area contributed by atoms with Crippen LogP contribution < -0.4 is 4.72 Å². The fourth-order valence-corrected chi connectivity index (χ4v) is 5.41. The van der Waals surface area contributed by atoms with Gasteiger partial charge in [0.15, 0.2) is 0 Å². The van der Waals surface area contributed by atoms with Crippen molar-refractivity contribution in [2.24, 2.45) is 4.36 Å². The maximum absolute atomic E-state index is 14.6. The van der Waals surface area contributed by atoms with E-state index in [0.29, 0.717) is 0 Å². The fraction of sp³-hybridized carbons (Fsp3) is 0.611. The number of nitrogens with zero attached hydrogens (tertiary/aromatic N) is 2. The first-order valence-corrected chi connectivity index (χ1v) is 11.2. The number of nitrogens with one attached hydrogen (secondary N) is 1. The minimum Gasteiger partial charge on any atom is -0.249 e. The number of benzene rings is 1. The summed E-state index contributed by atoms with van der Waals surface area (Å²) in [5, 5.41) is 9.43. The van der Waals surface area contributed by atoms with Gasteiger partial charge >= 0.3 is 0 Å². The van der Waals surface area contributed by atoms with Crippen molar-refractivity contribution in [3.05, 3.63) is 35.6 Å². The molecule has 1 aromatic carbocycles. The van der Waals surface area contributed by atoms with E-state index in [1.54, 1.807) is 20.8 Å². The third-order valence-corrected chi connectivity index (χ3v) is 9.11. The molecule has 0 aliphatic rings. The highest BCUT2D eigenvalue weighted by Gasteiger charge is 2.45. The Morgan fingerprint density at radius 2 is 1.81 bits per heavy atom. The van der Waals surface area contributed by atoms with Gasteiger partial charge in [0.1, 0.15) is 17.2 Å². The SMILES string of the molecule is CN=S(=O)(C[C@](CF)(NS(=O)C(C)(C)C)c1ccccc1F)C(C)(C)C#N. The standard InChI is InChI=1S/C18H27F2N3O2S2/c1-16(2,3)26(24)23-18(11-19,14-9-7-8-10-15(14)20)13-27(25,22-6)17(4,5)12-21/h7-10,23H,11,13H2,1-6H3/t18-,26?,27?/m0/s1. The van der Waals surface area contributed by atoms with Gasteiger partial charge < -0.3 is 0 Å². The molecular weight excluding hydrogens is 392 g/mol. The van der Waals surface area contributed by atoms with E-state index in [2.05, 4.69) is 9.08 Å². The average molecular weight is 420 g/mol. The van der Waals surface area contributed by atoms with E-state index in [0.717, 1.165) is 6.07 Å². The Labute approximate surface area is 163 Å². The highest BCUT2D eigenvalue weighted by Crippen LogP contribution is 2.33. The van der Waals surface area contributed by atoms with Crippen LogP contribution in [-0.4, -0.2) is 37.4 Å². The lowest BCUT2D eigenvalue weighted by Crippen LogP contribution is -2.55. The number of hydrogen-bond acceptors (Lipinski definition) is 4. The van der Waals surface area contributed by atoms with Crippen LogP contribution in [0, 0.1) is 17.1 Å². The Morgan fingerprint density at radius 3 is 2.22 bits per heavy atom. The summed E-state index contributed by atoms with van der Waals surface area (Å²) in [5.74, 6) is -1.22. The Morgan fingerprint density at radius 1 is 1.26 bits per heavy atom. The highest BCUT2D eigenvalue weighted by molar-refractivity contribution is 7.95. The van der Waals surface area contributed by atoms with Crippen molar-refractivity contribution in [1.82, 2.24) is 4.72 Å². The molecule has 0 aliphatic heterocycles. The molecule has 0 bridgehead atoms. The van der Waals surface area contributed by atoms with Gasteiger partial charge in [-0.1, -0.05) is 18.2 Å². The van der Waals surface area contributed by atoms with Crippen molar-refractivity contribution in [2.75, 3.05) is 19.5 Å². The zero-order chi connectivity index (χ0) is 21.1. The molecule has 1 N–H and O–H groups in total. The van der Waals surface area contributed by atoms with Crippen molar-refractivity contribution in [3.8, 4) is 6.07 Å². The van der Waals surface area contributed by atoms with Gasteiger partial charge in [0.2, 0.25) is 0 Å². The molecule has 5 nitrogen and oxygen atoms in total. The summed E-state index contributed by atoms with van der Waals surface area (Å²) in [7, 11) is -3.82. The molecule has 0 fully saturated rings. The lowest BCUT2D eigenvalue weighted by Gasteiger charge is -2.37. The van der Waals surface area contributed by atoms with E-state index in [1.807, 2.05) is 6.07 Å². The van der Waals surface area contributed by atoms with E-state index < -0.39 is 54.0 Å². The second-order valence-electron chi connectivity index (χ2n) is 7.77. The average Bonchev–Trinajstić information content (AvgIpc) is 2.60. The van der Waals surface area contributed by atoms with E-state index in [4.69, 9.17) is 0 Å². The minimum atomic E-state index is -3.32. The van der Waals surface area contributed by atoms with Crippen molar-refractivity contribution in [2.45, 2.75) is 49.7 Å². The van der Waals surface area contributed by atoms with E-state index in [9.17, 15) is 22.5 Å². The molecule has 0 saturated heterocycles. The van der Waals surface area contributed by atoms with E-state index in [1.165, 1.54) is 39.1 Å². The number of rotatable bonds is 7. The summed E-state index contributed by atoms with van der Waals surface area (Å²) in [6, 6.07) is 7.42. The van der Waals surface area contributed by atoms with Crippen LogP contribution in [0.3, 0.4) is 0 Å². The van der Waals surface area contributed by atoms with Gasteiger partial charge in [-0.3, -0.25) is 0 Å². The molecule has 1 rings (SSSR count). The van der Waals surface area contributed by atoms with Crippen LogP contribution in [0.5, 0.6) is 0 Å². The lowest BCUT2D eigenvalue weighted by atomic mass is 9.94. The maximum Gasteiger partial charge on any atom is 0.135 e. The molecule has 2 unspecified atom stereocenters. The first-order chi connectivity index (χ1) is 12.3. The Kier molecular flexibility index (Phi) is 7.30. The van der Waals surface area contributed by atoms with Gasteiger partial charge in [-0.2, -0.15) is 5.26 Å². The van der Waals surface area contributed by atoms with Crippen LogP contribution in [0.2, 0.25) is 0 Å². The molecular formula is C18H27F2N3O2S2. The molecule has 0 amide bonds. The molecule has 0 aliphatic carbocycles. The number of hydrogen-bond donors (Lipinski definition) is 1. The summed E-state index contributed by atoms with van der Waals surface area (Å²) in [4.78, 5) is 0. The largest absolute Gasteiger partial charge is 0.249 e. The lowest BCUT2D eigenvalue weighted by molar-refractivity contribution is 0.305. The molecule has 0 aromatic heterocycles. The predicted octanol–water partition coefficient (Wildman–Crippen LogP) is 3.44. The summed E-state index contributed by atoms with van der Waals surface area (Å²) in [6.45, 7) is 6.74. The van der Waals surface area contributed by atoms with Crippen LogP contribution in [-0.2, 0) is 26.3 Å². The Balaban J connectivity index is 3.70. The summed E-state index contributed by atoms with van der Waals surface area (Å²) < 4.78 is 59.6. The monoisotopic (exact) mass is 419 g/mol. The number of halogens is 2. The molecule has 0 spiro atoms. The molecule has 9 heteroatoms. The molecule has 0 heterocycles. The summed E-state index contributed by atoms with van der Waals surface area (Å²) in [5.41, 5.74) is -1.97. The van der Waals surface area contributed by atoms with Crippen LogP contribution in [0.4, 0.5) is 8.78 Å². The highest BCUT2D eigenvalue weighted by atomic mass is 32.2. The van der Waals surface area contributed by atoms with Crippen molar-refractivity contribution in [1.29, 1.82) is 5.26 Å². The Hall–Kier alpha value is -1.37. The van der Waals surface area contributed by atoms with E-state index in [-0.39, 0.29) is 5.56 Å². The summed E-state index contributed by atoms with van der Waals surface area (Å²) in [6.07, 6.45) is 0. The maximum atomic E-state index is 14.6. The minimum absolute atomic E-state index is 0.102. The topological polar surface area (TPSA) is 82.3 Å². The third-order valence-electron chi connectivity index (χ3n) is 4.27. The first kappa shape index (κ1) is 23.7. The molecule has 152 valence electrons. The fourth-order valence-electron chi connectivity index (χ4n) is 2.36. The quantitative estimate of drug-likeness (QED) is 0.735. The number of alkyl halides is 1. The first-order valence-electron chi connectivity index (χ1n) is 8.33. The van der Waals surface area contributed by atoms with Crippen molar-refractivity contribution in [3.63, 3.8) is 0 Å². The Bertz CT molecular complexity index is 866. The second kappa shape index (κ2) is 8.33. The van der Waals surface area contributed by atoms with Crippen LogP contribution >= 0.6 is 0 Å². The van der Waals surface area contributed by atoms with Crippen LogP contribution in [0.1, 0.15) is 40.2 Å². The molecule has 0 radical (unpaired) electrons. The zero-order valence-corrected chi connectivity index (χ0v) is 18.1. The van der Waals surface area contributed by atoms with Crippen molar-refractivity contribution < 1.29 is 17.2 Å². The molecule has 27 heavy (non-hydrogen) atoms. The van der Waals surface area contributed by atoms with Crippen LogP contribution in [0.15, 0.2) is 28.6 Å². The zero-order valence-electron chi connectivity index (χ0n) is 16.5. The second-order valence-corrected chi connectivity index (χ2v) is 12.7. The summed E-state index contributed by atoms with van der Waals surface area (Å²) >= 11 is 0. The van der Waals surface area contributed by atoms with Crippen LogP contribution in [0.25, 0.3) is 0 Å². The molecule has 0 saturated carbocycles. The smallest absolute Gasteiger partial charge is 0.135 e. The third kappa shape index (κ3) is 4.92. The van der Waals surface area contributed by atoms with Crippen molar-refractivity contribution >= 4 is 20.7 Å². The molecule has 1 aromatic rings. The van der Waals surface area contributed by atoms with Gasteiger partial charge in [0.25, 0.3) is 0 Å². The van der Waals surface area contributed by atoms with Gasteiger partial charge in [0, 0.05) is 12.6 Å². The predicted molar refractivity (Wildman–Crippen MR) is 106 cm³/mol. The van der Waals surface area contributed by atoms with Gasteiger partial charge in [-0.15, -0.1) is 0 Å². The van der Waals surface area contributed by atoms with E-state index >= 15 is 0 Å².